The van der Waals surface area contributed by atoms with Crippen molar-refractivity contribution in [2.75, 3.05) is 0 Å². The zero-order valence-electron chi connectivity index (χ0n) is 23.2. The lowest BCUT2D eigenvalue weighted by atomic mass is 9.95. The molecule has 0 bridgehead atoms. The van der Waals surface area contributed by atoms with Crippen molar-refractivity contribution in [1.82, 2.24) is 9.97 Å². The van der Waals surface area contributed by atoms with E-state index in [0.717, 1.165) is 60.9 Å². The average Bonchev–Trinajstić information content (AvgIpc) is 3.47. The van der Waals surface area contributed by atoms with Gasteiger partial charge in [-0.15, -0.1) is 0 Å². The Balaban J connectivity index is 1.36. The first-order valence-corrected chi connectivity index (χ1v) is 14.5. The maximum atomic E-state index is 6.85. The van der Waals surface area contributed by atoms with Crippen LogP contribution in [0.25, 0.3) is 88.2 Å². The van der Waals surface area contributed by atoms with Gasteiger partial charge in [-0.3, -0.25) is 0 Å². The molecule has 0 saturated heterocycles. The fraction of sp³-hybridized carbons (Fsp3) is 0. The summed E-state index contributed by atoms with van der Waals surface area (Å²) in [5.41, 5.74) is 9.41. The van der Waals surface area contributed by atoms with Gasteiger partial charge < -0.3 is 4.42 Å². The lowest BCUT2D eigenvalue weighted by Gasteiger charge is -2.12. The molecule has 0 unspecified atom stereocenters. The number of aromatic nitrogens is 2. The first-order valence-electron chi connectivity index (χ1n) is 14.5. The number of benzene rings is 7. The molecule has 2 heterocycles. The Hall–Kier alpha value is -5.80. The standard InChI is InChI=1S/C40H24N2O/c1-2-12-26(13-3-1)33-24-34-31-17-10-18-32(39(31)43-40(34)30-16-7-6-15-29(30)33)38-37(41-35-19-8-9-20-36(35)42-38)28-22-21-25-11-4-5-14-27(25)23-28/h1-24H. The molecule has 0 aliphatic carbocycles. The molecule has 2 aromatic heterocycles. The van der Waals surface area contributed by atoms with Crippen LogP contribution < -0.4 is 0 Å². The van der Waals surface area contributed by atoms with Crippen molar-refractivity contribution in [1.29, 1.82) is 0 Å². The Morgan fingerprint density at radius 2 is 1.02 bits per heavy atom. The van der Waals surface area contributed by atoms with E-state index < -0.39 is 0 Å². The van der Waals surface area contributed by atoms with Crippen LogP contribution in [-0.4, -0.2) is 9.97 Å². The highest BCUT2D eigenvalue weighted by atomic mass is 16.3. The Kier molecular flexibility index (Phi) is 5.20. The van der Waals surface area contributed by atoms with E-state index in [-0.39, 0.29) is 0 Å². The normalized spacial score (nSPS) is 11.7. The number of furan rings is 1. The molecule has 0 amide bonds. The van der Waals surface area contributed by atoms with Crippen LogP contribution in [0.1, 0.15) is 0 Å². The van der Waals surface area contributed by atoms with E-state index in [1.165, 1.54) is 27.3 Å². The van der Waals surface area contributed by atoms with Crippen LogP contribution in [0.2, 0.25) is 0 Å². The minimum Gasteiger partial charge on any atom is -0.455 e. The van der Waals surface area contributed by atoms with Crippen LogP contribution in [-0.2, 0) is 0 Å². The predicted octanol–water partition coefficient (Wildman–Crippen LogP) is 10.8. The number of hydrogen-bond acceptors (Lipinski definition) is 3. The van der Waals surface area contributed by atoms with Crippen LogP contribution in [0.4, 0.5) is 0 Å². The molecule has 0 fully saturated rings. The van der Waals surface area contributed by atoms with Crippen molar-refractivity contribution in [3.05, 3.63) is 146 Å². The first-order chi connectivity index (χ1) is 21.3. The maximum absolute atomic E-state index is 6.85. The highest BCUT2D eigenvalue weighted by Gasteiger charge is 2.21. The van der Waals surface area contributed by atoms with Gasteiger partial charge in [0.05, 0.1) is 16.7 Å². The molecule has 0 radical (unpaired) electrons. The molecule has 9 aromatic rings. The van der Waals surface area contributed by atoms with Gasteiger partial charge in [-0.2, -0.15) is 0 Å². The van der Waals surface area contributed by atoms with Gasteiger partial charge >= 0.3 is 0 Å². The molecule has 3 nitrogen and oxygen atoms in total. The molecule has 0 saturated carbocycles. The number of para-hydroxylation sites is 3. The van der Waals surface area contributed by atoms with Gasteiger partial charge in [0, 0.05) is 27.3 Å². The Bertz CT molecular complexity index is 2510. The average molecular weight is 549 g/mol. The summed E-state index contributed by atoms with van der Waals surface area (Å²) >= 11 is 0. The molecule has 43 heavy (non-hydrogen) atoms. The molecule has 200 valence electrons. The summed E-state index contributed by atoms with van der Waals surface area (Å²) in [4.78, 5) is 10.4. The van der Waals surface area contributed by atoms with Gasteiger partial charge in [0.2, 0.25) is 0 Å². The van der Waals surface area contributed by atoms with E-state index in [0.29, 0.717) is 0 Å². The molecule has 7 aromatic carbocycles. The molecular formula is C40H24N2O. The number of rotatable bonds is 3. The van der Waals surface area contributed by atoms with E-state index >= 15 is 0 Å². The fourth-order valence-electron chi connectivity index (χ4n) is 6.39. The number of nitrogens with zero attached hydrogens (tertiary/aromatic N) is 2. The second-order valence-corrected chi connectivity index (χ2v) is 11.0. The molecule has 9 rings (SSSR count). The first kappa shape index (κ1) is 23.9. The third-order valence-corrected chi connectivity index (χ3v) is 8.44. The van der Waals surface area contributed by atoms with Crippen molar-refractivity contribution >= 4 is 54.5 Å². The van der Waals surface area contributed by atoms with Crippen LogP contribution in [0.15, 0.2) is 150 Å². The maximum Gasteiger partial charge on any atom is 0.144 e. The van der Waals surface area contributed by atoms with Gasteiger partial charge in [-0.1, -0.05) is 115 Å². The second-order valence-electron chi connectivity index (χ2n) is 11.0. The molecule has 3 heteroatoms. The van der Waals surface area contributed by atoms with Crippen molar-refractivity contribution in [3.8, 4) is 33.6 Å². The third-order valence-electron chi connectivity index (χ3n) is 8.44. The van der Waals surface area contributed by atoms with Crippen molar-refractivity contribution < 1.29 is 4.42 Å². The minimum absolute atomic E-state index is 0.811. The molecule has 0 aliphatic rings. The highest BCUT2D eigenvalue weighted by molar-refractivity contribution is 6.21. The van der Waals surface area contributed by atoms with Crippen molar-refractivity contribution in [3.63, 3.8) is 0 Å². The number of fused-ring (bicyclic) bond motifs is 7. The monoisotopic (exact) mass is 548 g/mol. The van der Waals surface area contributed by atoms with Gasteiger partial charge in [0.15, 0.2) is 0 Å². The van der Waals surface area contributed by atoms with Crippen LogP contribution >= 0.6 is 0 Å². The summed E-state index contributed by atoms with van der Waals surface area (Å²) in [5, 5.41) is 6.79. The highest BCUT2D eigenvalue weighted by Crippen LogP contribution is 2.43. The van der Waals surface area contributed by atoms with Gasteiger partial charge in [0.1, 0.15) is 16.9 Å². The summed E-state index contributed by atoms with van der Waals surface area (Å²) in [6.45, 7) is 0. The molecule has 0 N–H and O–H groups in total. The van der Waals surface area contributed by atoms with E-state index in [9.17, 15) is 0 Å². The van der Waals surface area contributed by atoms with Crippen LogP contribution in [0, 0.1) is 0 Å². The largest absolute Gasteiger partial charge is 0.455 e. The Morgan fingerprint density at radius 3 is 1.86 bits per heavy atom. The van der Waals surface area contributed by atoms with Crippen LogP contribution in [0.3, 0.4) is 0 Å². The molecule has 0 spiro atoms. The zero-order valence-corrected chi connectivity index (χ0v) is 23.2. The van der Waals surface area contributed by atoms with Gasteiger partial charge in [-0.05, 0) is 57.6 Å². The Labute approximate surface area is 247 Å². The minimum atomic E-state index is 0.811. The molecular weight excluding hydrogens is 524 g/mol. The SMILES string of the molecule is c1ccc(-c2cc3c4cccc(-c5nc6ccccc6nc5-c5ccc6ccccc6c5)c4oc3c3ccccc23)cc1. The van der Waals surface area contributed by atoms with Gasteiger partial charge in [-0.25, -0.2) is 9.97 Å². The fourth-order valence-corrected chi connectivity index (χ4v) is 6.39. The van der Waals surface area contributed by atoms with E-state index in [1.807, 2.05) is 24.3 Å². The summed E-state index contributed by atoms with van der Waals surface area (Å²) in [6.07, 6.45) is 0. The Morgan fingerprint density at radius 1 is 0.372 bits per heavy atom. The number of hydrogen-bond donors (Lipinski definition) is 0. The van der Waals surface area contributed by atoms with Crippen LogP contribution in [0.5, 0.6) is 0 Å². The summed E-state index contributed by atoms with van der Waals surface area (Å²) in [6, 6.07) is 50.7. The van der Waals surface area contributed by atoms with Crippen molar-refractivity contribution in [2.24, 2.45) is 0 Å². The lowest BCUT2D eigenvalue weighted by Crippen LogP contribution is -1.96. The van der Waals surface area contributed by atoms with Gasteiger partial charge in [0.25, 0.3) is 0 Å². The smallest absolute Gasteiger partial charge is 0.144 e. The summed E-state index contributed by atoms with van der Waals surface area (Å²) in [5.74, 6) is 0. The molecule has 0 atom stereocenters. The van der Waals surface area contributed by atoms with E-state index in [2.05, 4.69) is 121 Å². The lowest BCUT2D eigenvalue weighted by molar-refractivity contribution is 0.673. The second kappa shape index (κ2) is 9.37. The third kappa shape index (κ3) is 3.75. The van der Waals surface area contributed by atoms with E-state index in [4.69, 9.17) is 14.4 Å². The summed E-state index contributed by atoms with van der Waals surface area (Å²) < 4.78 is 6.85. The summed E-state index contributed by atoms with van der Waals surface area (Å²) in [7, 11) is 0. The predicted molar refractivity (Wildman–Crippen MR) is 178 cm³/mol. The molecule has 0 aliphatic heterocycles. The zero-order chi connectivity index (χ0) is 28.3. The van der Waals surface area contributed by atoms with E-state index in [1.54, 1.807) is 0 Å². The quantitative estimate of drug-likeness (QED) is 0.220. The van der Waals surface area contributed by atoms with Crippen molar-refractivity contribution in [2.45, 2.75) is 0 Å². The topological polar surface area (TPSA) is 38.9 Å².